The van der Waals surface area contributed by atoms with E-state index in [-0.39, 0.29) is 5.56 Å². The summed E-state index contributed by atoms with van der Waals surface area (Å²) < 4.78 is 0. The molecule has 0 aliphatic rings. The van der Waals surface area contributed by atoms with Crippen LogP contribution in [0.2, 0.25) is 5.02 Å². The summed E-state index contributed by atoms with van der Waals surface area (Å²) in [5.41, 5.74) is 0.122. The number of carboxylic acids is 1. The van der Waals surface area contributed by atoms with Crippen molar-refractivity contribution < 1.29 is 9.90 Å². The van der Waals surface area contributed by atoms with Gasteiger partial charge in [0.15, 0.2) is 0 Å². The number of pyridine rings is 1. The Morgan fingerprint density at radius 3 is 2.14 bits per heavy atom. The van der Waals surface area contributed by atoms with Gasteiger partial charge in [0.1, 0.15) is 5.82 Å². The summed E-state index contributed by atoms with van der Waals surface area (Å²) in [4.78, 5) is 17.4. The second-order valence-corrected chi connectivity index (χ2v) is 6.59. The zero-order valence-corrected chi connectivity index (χ0v) is 14.0. The number of halogens is 1. The number of aromatic nitrogens is 1. The van der Waals surface area contributed by atoms with Gasteiger partial charge in [-0.2, -0.15) is 0 Å². The molecule has 118 valence electrons. The molecule has 1 heterocycles. The van der Waals surface area contributed by atoms with Crippen molar-refractivity contribution in [3.8, 4) is 0 Å². The molecule has 0 atom stereocenters. The van der Waals surface area contributed by atoms with E-state index in [9.17, 15) is 4.79 Å². The predicted octanol–water partition coefficient (Wildman–Crippen LogP) is 4.33. The van der Waals surface area contributed by atoms with Crippen LogP contribution in [-0.2, 0) is 0 Å². The van der Waals surface area contributed by atoms with Gasteiger partial charge in [0.05, 0.1) is 10.6 Å². The van der Waals surface area contributed by atoms with E-state index >= 15 is 0 Å². The third kappa shape index (κ3) is 5.92. The first-order valence-corrected chi connectivity index (χ1v) is 7.82. The number of anilines is 1. The van der Waals surface area contributed by atoms with E-state index < -0.39 is 5.97 Å². The van der Waals surface area contributed by atoms with Crippen molar-refractivity contribution in [1.82, 2.24) is 4.98 Å². The molecular weight excluding hydrogens is 288 g/mol. The summed E-state index contributed by atoms with van der Waals surface area (Å²) >= 11 is 6.23. The van der Waals surface area contributed by atoms with Crippen molar-refractivity contribution in [3.05, 3.63) is 22.8 Å². The second kappa shape index (κ2) is 8.23. The number of hydrogen-bond acceptors (Lipinski definition) is 3. The van der Waals surface area contributed by atoms with Gasteiger partial charge < -0.3 is 10.0 Å². The van der Waals surface area contributed by atoms with Gasteiger partial charge in [-0.25, -0.2) is 9.78 Å². The Kier molecular flexibility index (Phi) is 6.96. The first-order valence-electron chi connectivity index (χ1n) is 7.45. The van der Waals surface area contributed by atoms with Crippen LogP contribution in [0.25, 0.3) is 0 Å². The molecule has 1 aromatic heterocycles. The molecule has 1 rings (SSSR count). The second-order valence-electron chi connectivity index (χ2n) is 6.19. The molecule has 0 aromatic carbocycles. The first-order chi connectivity index (χ1) is 9.81. The molecular formula is C16H25ClN2O2. The lowest BCUT2D eigenvalue weighted by molar-refractivity contribution is 0.0696. The smallest absolute Gasteiger partial charge is 0.337 e. The van der Waals surface area contributed by atoms with Crippen LogP contribution in [0, 0.1) is 11.8 Å². The summed E-state index contributed by atoms with van der Waals surface area (Å²) in [5, 5.41) is 9.38. The Labute approximate surface area is 132 Å². The highest BCUT2D eigenvalue weighted by Crippen LogP contribution is 2.25. The molecule has 1 N–H and O–H groups in total. The minimum absolute atomic E-state index is 0.122. The van der Waals surface area contributed by atoms with Crippen molar-refractivity contribution in [3.63, 3.8) is 0 Å². The standard InChI is InChI=1S/C16H25ClN2O2/c1-11(2)5-7-19(8-6-12(3)4)15-14(17)9-13(10-18-15)16(20)21/h9-12H,5-8H2,1-4H3,(H,20,21). The number of carboxylic acid groups (broad SMARTS) is 1. The number of hydrogen-bond donors (Lipinski definition) is 1. The summed E-state index contributed by atoms with van der Waals surface area (Å²) in [6, 6.07) is 1.48. The van der Waals surface area contributed by atoms with Crippen LogP contribution in [0.3, 0.4) is 0 Å². The maximum absolute atomic E-state index is 11.0. The number of rotatable bonds is 8. The molecule has 1 aromatic rings. The Bertz CT molecular complexity index is 463. The lowest BCUT2D eigenvalue weighted by Gasteiger charge is -2.26. The molecule has 0 aliphatic heterocycles. The molecule has 0 bridgehead atoms. The highest BCUT2D eigenvalue weighted by atomic mass is 35.5. The van der Waals surface area contributed by atoms with Crippen LogP contribution in [0.4, 0.5) is 5.82 Å². The largest absolute Gasteiger partial charge is 0.478 e. The van der Waals surface area contributed by atoms with Crippen LogP contribution in [-0.4, -0.2) is 29.1 Å². The Hall–Kier alpha value is -1.29. The molecule has 5 heteroatoms. The lowest BCUT2D eigenvalue weighted by atomic mass is 10.1. The van der Waals surface area contributed by atoms with Crippen molar-refractivity contribution in [2.75, 3.05) is 18.0 Å². The number of aromatic carboxylic acids is 1. The predicted molar refractivity (Wildman–Crippen MR) is 87.3 cm³/mol. The SMILES string of the molecule is CC(C)CCN(CCC(C)C)c1ncc(C(=O)O)cc1Cl. The van der Waals surface area contributed by atoms with Gasteiger partial charge in [0.2, 0.25) is 0 Å². The van der Waals surface area contributed by atoms with Crippen LogP contribution in [0.5, 0.6) is 0 Å². The Morgan fingerprint density at radius 1 is 1.24 bits per heavy atom. The highest BCUT2D eigenvalue weighted by Gasteiger charge is 2.15. The first kappa shape index (κ1) is 17.8. The molecule has 4 nitrogen and oxygen atoms in total. The normalized spacial score (nSPS) is 11.2. The summed E-state index contributed by atoms with van der Waals surface area (Å²) in [6.45, 7) is 10.5. The van der Waals surface area contributed by atoms with Gasteiger partial charge in [-0.1, -0.05) is 39.3 Å². The van der Waals surface area contributed by atoms with Crippen LogP contribution < -0.4 is 4.90 Å². The Morgan fingerprint density at radius 2 is 1.76 bits per heavy atom. The van der Waals surface area contributed by atoms with Crippen molar-refractivity contribution in [2.45, 2.75) is 40.5 Å². The lowest BCUT2D eigenvalue weighted by Crippen LogP contribution is -2.28. The number of carbonyl (C=O) groups is 1. The zero-order valence-electron chi connectivity index (χ0n) is 13.3. The fourth-order valence-electron chi connectivity index (χ4n) is 1.93. The zero-order chi connectivity index (χ0) is 16.0. The molecule has 0 amide bonds. The van der Waals surface area contributed by atoms with E-state index in [0.717, 1.165) is 25.9 Å². The van der Waals surface area contributed by atoms with Crippen molar-refractivity contribution in [1.29, 1.82) is 0 Å². The van der Waals surface area contributed by atoms with E-state index in [1.54, 1.807) is 0 Å². The quantitative estimate of drug-likeness (QED) is 0.776. The molecule has 0 fully saturated rings. The van der Waals surface area contributed by atoms with Gasteiger partial charge in [0.25, 0.3) is 0 Å². The molecule has 21 heavy (non-hydrogen) atoms. The monoisotopic (exact) mass is 312 g/mol. The van der Waals surface area contributed by atoms with E-state index in [1.165, 1.54) is 12.3 Å². The molecule has 0 saturated heterocycles. The van der Waals surface area contributed by atoms with E-state index in [2.05, 4.69) is 37.6 Å². The molecule has 0 unspecified atom stereocenters. The van der Waals surface area contributed by atoms with Crippen molar-refractivity contribution >= 4 is 23.4 Å². The Balaban J connectivity index is 2.92. The minimum Gasteiger partial charge on any atom is -0.478 e. The average Bonchev–Trinajstić information content (AvgIpc) is 2.38. The minimum atomic E-state index is -1.01. The maximum Gasteiger partial charge on any atom is 0.337 e. The van der Waals surface area contributed by atoms with Gasteiger partial charge in [-0.05, 0) is 30.7 Å². The fourth-order valence-corrected chi connectivity index (χ4v) is 2.22. The van der Waals surface area contributed by atoms with Gasteiger partial charge in [0, 0.05) is 19.3 Å². The van der Waals surface area contributed by atoms with Gasteiger partial charge in [-0.3, -0.25) is 0 Å². The average molecular weight is 313 g/mol. The molecule has 0 saturated carbocycles. The van der Waals surface area contributed by atoms with Crippen LogP contribution in [0.15, 0.2) is 12.3 Å². The molecule has 0 radical (unpaired) electrons. The molecule has 0 spiro atoms. The van der Waals surface area contributed by atoms with E-state index in [4.69, 9.17) is 16.7 Å². The van der Waals surface area contributed by atoms with E-state index in [1.807, 2.05) is 0 Å². The van der Waals surface area contributed by atoms with Gasteiger partial charge >= 0.3 is 5.97 Å². The van der Waals surface area contributed by atoms with Crippen LogP contribution >= 0.6 is 11.6 Å². The summed E-state index contributed by atoms with van der Waals surface area (Å²) in [5.74, 6) is 0.877. The number of nitrogens with zero attached hydrogens (tertiary/aromatic N) is 2. The summed E-state index contributed by atoms with van der Waals surface area (Å²) in [7, 11) is 0. The third-order valence-corrected chi connectivity index (χ3v) is 3.60. The van der Waals surface area contributed by atoms with Gasteiger partial charge in [-0.15, -0.1) is 0 Å². The highest BCUT2D eigenvalue weighted by molar-refractivity contribution is 6.33. The van der Waals surface area contributed by atoms with Crippen molar-refractivity contribution in [2.24, 2.45) is 11.8 Å². The third-order valence-electron chi connectivity index (χ3n) is 3.32. The summed E-state index contributed by atoms with van der Waals surface area (Å²) in [6.07, 6.45) is 3.48. The maximum atomic E-state index is 11.0. The van der Waals surface area contributed by atoms with E-state index in [0.29, 0.717) is 22.7 Å². The fraction of sp³-hybridized carbons (Fsp3) is 0.625. The topological polar surface area (TPSA) is 53.4 Å². The van der Waals surface area contributed by atoms with Crippen LogP contribution in [0.1, 0.15) is 50.9 Å². The molecule has 0 aliphatic carbocycles.